The van der Waals surface area contributed by atoms with Gasteiger partial charge in [0, 0.05) is 29.7 Å². The molecule has 1 saturated heterocycles. The van der Waals surface area contributed by atoms with Gasteiger partial charge in [-0.2, -0.15) is 4.31 Å². The molecular weight excluding hydrogens is 410 g/mol. The van der Waals surface area contributed by atoms with Gasteiger partial charge in [-0.1, -0.05) is 15.9 Å². The summed E-state index contributed by atoms with van der Waals surface area (Å²) in [5.74, 6) is 0.0646. The maximum absolute atomic E-state index is 12.8. The highest BCUT2D eigenvalue weighted by molar-refractivity contribution is 9.10. The number of nitro groups is 1. The molecule has 2 unspecified atom stereocenters. The van der Waals surface area contributed by atoms with E-state index >= 15 is 0 Å². The molecule has 0 aromatic heterocycles. The fraction of sp³-hybridized carbons (Fsp3) is 0.538. The van der Waals surface area contributed by atoms with Gasteiger partial charge in [0.1, 0.15) is 0 Å². The maximum Gasteiger partial charge on any atom is 0.289 e. The predicted molar refractivity (Wildman–Crippen MR) is 93.2 cm³/mol. The van der Waals surface area contributed by atoms with E-state index in [9.17, 15) is 18.5 Å². The molecule has 7 nitrogen and oxygen atoms in total. The van der Waals surface area contributed by atoms with E-state index < -0.39 is 20.6 Å². The molecule has 130 valence electrons. The zero-order valence-corrected chi connectivity index (χ0v) is 15.7. The molecule has 2 N–H and O–H groups in total. The molecule has 0 spiro atoms. The Balaban J connectivity index is 0.00000264. The first-order valence-corrected chi connectivity index (χ1v) is 9.16. The summed E-state index contributed by atoms with van der Waals surface area (Å²) in [5.41, 5.74) is 5.47. The van der Waals surface area contributed by atoms with Crippen LogP contribution in [0.15, 0.2) is 27.6 Å². The van der Waals surface area contributed by atoms with Gasteiger partial charge in [-0.15, -0.1) is 12.4 Å². The molecule has 2 atom stereocenters. The van der Waals surface area contributed by atoms with Crippen molar-refractivity contribution in [1.82, 2.24) is 4.31 Å². The SMILES string of the molecule is CC(N)C1CCCN(S(=O)(=O)c2cc(Br)ccc2[N+](=O)[O-])C1.Cl. The lowest BCUT2D eigenvalue weighted by atomic mass is 9.93. The molecule has 1 heterocycles. The third kappa shape index (κ3) is 4.42. The number of rotatable bonds is 4. The molecule has 1 aromatic rings. The highest BCUT2D eigenvalue weighted by Gasteiger charge is 2.35. The second-order valence-corrected chi connectivity index (χ2v) is 8.32. The second kappa shape index (κ2) is 7.89. The van der Waals surface area contributed by atoms with E-state index in [0.717, 1.165) is 6.42 Å². The van der Waals surface area contributed by atoms with Gasteiger partial charge in [0.25, 0.3) is 5.69 Å². The summed E-state index contributed by atoms with van der Waals surface area (Å²) in [5, 5.41) is 11.1. The smallest absolute Gasteiger partial charge is 0.289 e. The zero-order chi connectivity index (χ0) is 16.5. The molecule has 1 fully saturated rings. The maximum atomic E-state index is 12.8. The van der Waals surface area contributed by atoms with Gasteiger partial charge in [-0.05, 0) is 37.8 Å². The van der Waals surface area contributed by atoms with Crippen LogP contribution in [0.4, 0.5) is 5.69 Å². The predicted octanol–water partition coefficient (Wildman–Crippen LogP) is 2.53. The first kappa shape index (κ1) is 20.3. The van der Waals surface area contributed by atoms with Gasteiger partial charge in [0.15, 0.2) is 4.90 Å². The van der Waals surface area contributed by atoms with Crippen molar-refractivity contribution >= 4 is 44.0 Å². The second-order valence-electron chi connectivity index (χ2n) is 5.49. The van der Waals surface area contributed by atoms with Crippen LogP contribution < -0.4 is 5.73 Å². The summed E-state index contributed by atoms with van der Waals surface area (Å²) >= 11 is 3.17. The van der Waals surface area contributed by atoms with E-state index in [1.165, 1.54) is 22.5 Å². The Bertz CT molecular complexity index is 684. The van der Waals surface area contributed by atoms with Gasteiger partial charge in [-0.25, -0.2) is 8.42 Å². The molecular formula is C13H19BrClN3O4S. The fourth-order valence-electron chi connectivity index (χ4n) is 2.61. The minimum Gasteiger partial charge on any atom is -0.328 e. The monoisotopic (exact) mass is 427 g/mol. The number of hydrogen-bond donors (Lipinski definition) is 1. The summed E-state index contributed by atoms with van der Waals surface area (Å²) in [6.45, 7) is 2.50. The summed E-state index contributed by atoms with van der Waals surface area (Å²) in [4.78, 5) is 10.2. The molecule has 2 rings (SSSR count). The van der Waals surface area contributed by atoms with E-state index in [1.54, 1.807) is 0 Å². The Morgan fingerprint density at radius 2 is 2.13 bits per heavy atom. The van der Waals surface area contributed by atoms with Crippen molar-refractivity contribution in [2.75, 3.05) is 13.1 Å². The lowest BCUT2D eigenvalue weighted by Crippen LogP contribution is -2.45. The summed E-state index contributed by atoms with van der Waals surface area (Å²) in [6.07, 6.45) is 1.57. The molecule has 1 aromatic carbocycles. The van der Waals surface area contributed by atoms with Crippen molar-refractivity contribution in [3.63, 3.8) is 0 Å². The lowest BCUT2D eigenvalue weighted by molar-refractivity contribution is -0.387. The molecule has 0 aliphatic carbocycles. The van der Waals surface area contributed by atoms with Crippen LogP contribution in [0.3, 0.4) is 0 Å². The number of halogens is 2. The van der Waals surface area contributed by atoms with Crippen molar-refractivity contribution < 1.29 is 13.3 Å². The van der Waals surface area contributed by atoms with Crippen LogP contribution in [0, 0.1) is 16.0 Å². The third-order valence-corrected chi connectivity index (χ3v) is 6.29. The minimum absolute atomic E-state index is 0. The van der Waals surface area contributed by atoms with Crippen molar-refractivity contribution in [2.24, 2.45) is 11.7 Å². The van der Waals surface area contributed by atoms with Gasteiger partial charge >= 0.3 is 0 Å². The minimum atomic E-state index is -3.92. The van der Waals surface area contributed by atoms with E-state index in [-0.39, 0.29) is 29.3 Å². The molecule has 23 heavy (non-hydrogen) atoms. The average Bonchev–Trinajstić information content (AvgIpc) is 2.47. The summed E-state index contributed by atoms with van der Waals surface area (Å²) in [6, 6.07) is 3.82. The third-order valence-electron chi connectivity index (χ3n) is 3.90. The van der Waals surface area contributed by atoms with Crippen LogP contribution in [-0.4, -0.2) is 36.8 Å². The largest absolute Gasteiger partial charge is 0.328 e. The normalized spacial score (nSPS) is 20.6. The van der Waals surface area contributed by atoms with E-state index in [4.69, 9.17) is 5.73 Å². The zero-order valence-electron chi connectivity index (χ0n) is 12.5. The topological polar surface area (TPSA) is 107 Å². The number of benzene rings is 1. The number of nitro benzene ring substituents is 1. The molecule has 1 aliphatic heterocycles. The standard InChI is InChI=1S/C13H18BrN3O4S.ClH/c1-9(15)10-3-2-6-16(8-10)22(20,21)13-7-11(14)4-5-12(13)17(18)19;/h4-5,7,9-10H,2-3,6,8,15H2,1H3;1H. The van der Waals surface area contributed by atoms with Crippen molar-refractivity contribution in [2.45, 2.75) is 30.7 Å². The lowest BCUT2D eigenvalue weighted by Gasteiger charge is -2.33. The van der Waals surface area contributed by atoms with E-state index in [2.05, 4.69) is 15.9 Å². The van der Waals surface area contributed by atoms with Gasteiger partial charge in [-0.3, -0.25) is 10.1 Å². The number of nitrogens with zero attached hydrogens (tertiary/aromatic N) is 2. The van der Waals surface area contributed by atoms with Crippen LogP contribution in [-0.2, 0) is 10.0 Å². The van der Waals surface area contributed by atoms with Crippen LogP contribution >= 0.6 is 28.3 Å². The Morgan fingerprint density at radius 1 is 1.48 bits per heavy atom. The number of sulfonamides is 1. The van der Waals surface area contributed by atoms with Gasteiger partial charge < -0.3 is 5.73 Å². The van der Waals surface area contributed by atoms with Crippen molar-refractivity contribution in [3.8, 4) is 0 Å². The Hall–Kier alpha value is -0.740. The Labute approximate surface area is 150 Å². The first-order chi connectivity index (χ1) is 10.2. The van der Waals surface area contributed by atoms with E-state index in [1.807, 2.05) is 6.92 Å². The fourth-order valence-corrected chi connectivity index (χ4v) is 4.84. The summed E-state index contributed by atoms with van der Waals surface area (Å²) in [7, 11) is -3.92. The quantitative estimate of drug-likeness (QED) is 0.586. The summed E-state index contributed by atoms with van der Waals surface area (Å²) < 4.78 is 27.4. The molecule has 0 bridgehead atoms. The van der Waals surface area contributed by atoms with Crippen molar-refractivity contribution in [3.05, 3.63) is 32.8 Å². The van der Waals surface area contributed by atoms with Crippen LogP contribution in [0.1, 0.15) is 19.8 Å². The van der Waals surface area contributed by atoms with Crippen LogP contribution in [0.25, 0.3) is 0 Å². The van der Waals surface area contributed by atoms with Gasteiger partial charge in [0.2, 0.25) is 10.0 Å². The first-order valence-electron chi connectivity index (χ1n) is 6.93. The Morgan fingerprint density at radius 3 is 2.70 bits per heavy atom. The van der Waals surface area contributed by atoms with E-state index in [0.29, 0.717) is 24.0 Å². The molecule has 1 aliphatic rings. The molecule has 0 amide bonds. The Kier molecular flexibility index (Phi) is 6.96. The number of nitrogens with two attached hydrogens (primary N) is 1. The highest BCUT2D eigenvalue weighted by atomic mass is 79.9. The number of hydrogen-bond acceptors (Lipinski definition) is 5. The highest BCUT2D eigenvalue weighted by Crippen LogP contribution is 2.32. The number of piperidine rings is 1. The molecule has 10 heteroatoms. The van der Waals surface area contributed by atoms with Crippen LogP contribution in [0.2, 0.25) is 0 Å². The van der Waals surface area contributed by atoms with Crippen LogP contribution in [0.5, 0.6) is 0 Å². The van der Waals surface area contributed by atoms with Crippen molar-refractivity contribution in [1.29, 1.82) is 0 Å². The molecule has 0 saturated carbocycles. The molecule has 0 radical (unpaired) electrons. The van der Waals surface area contributed by atoms with Gasteiger partial charge in [0.05, 0.1) is 4.92 Å². The average molecular weight is 429 g/mol.